The zero-order chi connectivity index (χ0) is 19.4. The van der Waals surface area contributed by atoms with Crippen molar-refractivity contribution in [3.63, 3.8) is 0 Å². The molecule has 0 bridgehead atoms. The van der Waals surface area contributed by atoms with Crippen LogP contribution in [-0.4, -0.2) is 18.0 Å². The third-order valence-corrected chi connectivity index (χ3v) is 5.75. The number of nitrogens with one attached hydrogen (secondary N) is 1. The Bertz CT molecular complexity index is 879. The first-order chi connectivity index (χ1) is 13.0. The van der Waals surface area contributed by atoms with Gasteiger partial charge >= 0.3 is 5.97 Å². The van der Waals surface area contributed by atoms with Crippen molar-refractivity contribution in [2.75, 3.05) is 5.32 Å². The average Bonchev–Trinajstić information content (AvgIpc) is 3.32. The van der Waals surface area contributed by atoms with Gasteiger partial charge in [0.05, 0.1) is 11.0 Å². The van der Waals surface area contributed by atoms with Gasteiger partial charge in [0.25, 0.3) is 5.91 Å². The van der Waals surface area contributed by atoms with Gasteiger partial charge in [-0.1, -0.05) is 25.0 Å². The number of nitriles is 1. The van der Waals surface area contributed by atoms with Crippen LogP contribution in [0.2, 0.25) is 0 Å². The first-order valence-corrected chi connectivity index (χ1v) is 9.60. The van der Waals surface area contributed by atoms with E-state index in [0.29, 0.717) is 29.0 Å². The van der Waals surface area contributed by atoms with Crippen LogP contribution >= 0.6 is 11.3 Å². The number of hydrogen-bond donors (Lipinski definition) is 1. The molecule has 1 N–H and O–H groups in total. The molecular formula is C20H19FN2O3S. The number of thiophene rings is 1. The second-order valence-electron chi connectivity index (χ2n) is 6.61. The smallest absolute Gasteiger partial charge is 0.317 e. The van der Waals surface area contributed by atoms with Gasteiger partial charge in [0.1, 0.15) is 16.9 Å². The summed E-state index contributed by atoms with van der Waals surface area (Å²) in [6, 6.07) is 9.49. The number of rotatable bonds is 5. The van der Waals surface area contributed by atoms with Gasteiger partial charge in [-0.25, -0.2) is 4.39 Å². The quantitative estimate of drug-likeness (QED) is 0.783. The van der Waals surface area contributed by atoms with Gasteiger partial charge in [0, 0.05) is 0 Å². The summed E-state index contributed by atoms with van der Waals surface area (Å²) in [5, 5.41) is 13.8. The Morgan fingerprint density at radius 2 is 1.93 bits per heavy atom. The van der Waals surface area contributed by atoms with E-state index in [4.69, 9.17) is 10.00 Å². The normalized spacial score (nSPS) is 16.3. The van der Waals surface area contributed by atoms with E-state index in [-0.39, 0.29) is 5.82 Å². The molecule has 1 heterocycles. The van der Waals surface area contributed by atoms with Gasteiger partial charge in [-0.3, -0.25) is 9.59 Å². The molecule has 3 rings (SSSR count). The van der Waals surface area contributed by atoms with Crippen LogP contribution in [0.4, 0.5) is 9.39 Å². The Balaban J connectivity index is 1.73. The van der Waals surface area contributed by atoms with Crippen molar-refractivity contribution in [3.8, 4) is 6.07 Å². The molecule has 27 heavy (non-hydrogen) atoms. The summed E-state index contributed by atoms with van der Waals surface area (Å²) in [6.45, 7) is 1.50. The summed E-state index contributed by atoms with van der Waals surface area (Å²) in [5.41, 5.74) is 0.234. The van der Waals surface area contributed by atoms with E-state index in [1.54, 1.807) is 23.6 Å². The van der Waals surface area contributed by atoms with E-state index in [1.165, 1.54) is 30.4 Å². The van der Waals surface area contributed by atoms with Crippen molar-refractivity contribution in [2.45, 2.75) is 44.1 Å². The molecule has 1 fully saturated rings. The van der Waals surface area contributed by atoms with E-state index < -0.39 is 23.4 Å². The van der Waals surface area contributed by atoms with Gasteiger partial charge in [-0.05, 0) is 48.9 Å². The number of carbonyl (C=O) groups is 2. The van der Waals surface area contributed by atoms with Crippen LogP contribution in [0.3, 0.4) is 0 Å². The SMILES string of the molecule is C[C@@H](OC(=O)C1(c2ccc(F)cc2)CCCC1)C(=O)Nc1sccc1C#N. The largest absolute Gasteiger partial charge is 0.452 e. The van der Waals surface area contributed by atoms with Crippen LogP contribution < -0.4 is 5.32 Å². The Kier molecular flexibility index (Phi) is 5.57. The van der Waals surface area contributed by atoms with E-state index in [2.05, 4.69) is 5.32 Å². The molecule has 1 aromatic heterocycles. The first-order valence-electron chi connectivity index (χ1n) is 8.72. The third-order valence-electron chi connectivity index (χ3n) is 4.92. The van der Waals surface area contributed by atoms with Crippen molar-refractivity contribution < 1.29 is 18.7 Å². The Morgan fingerprint density at radius 1 is 1.26 bits per heavy atom. The molecule has 1 aromatic carbocycles. The van der Waals surface area contributed by atoms with Crippen molar-refractivity contribution in [2.24, 2.45) is 0 Å². The highest BCUT2D eigenvalue weighted by atomic mass is 32.1. The molecule has 5 nitrogen and oxygen atoms in total. The Hall–Kier alpha value is -2.72. The molecule has 0 spiro atoms. The second-order valence-corrected chi connectivity index (χ2v) is 7.52. The molecular weight excluding hydrogens is 367 g/mol. The van der Waals surface area contributed by atoms with E-state index in [0.717, 1.165) is 12.8 Å². The fraction of sp³-hybridized carbons (Fsp3) is 0.350. The van der Waals surface area contributed by atoms with Gasteiger partial charge in [-0.15, -0.1) is 11.3 Å². The summed E-state index contributed by atoms with van der Waals surface area (Å²) in [6.07, 6.45) is 1.94. The summed E-state index contributed by atoms with van der Waals surface area (Å²) in [7, 11) is 0. The van der Waals surface area contributed by atoms with Gasteiger partial charge in [0.2, 0.25) is 0 Å². The molecule has 0 saturated heterocycles. The Morgan fingerprint density at radius 3 is 2.56 bits per heavy atom. The minimum Gasteiger partial charge on any atom is -0.452 e. The molecule has 1 aliphatic rings. The fourth-order valence-electron chi connectivity index (χ4n) is 3.39. The van der Waals surface area contributed by atoms with Crippen LogP contribution in [0.15, 0.2) is 35.7 Å². The molecule has 0 aliphatic heterocycles. The average molecular weight is 386 g/mol. The van der Waals surface area contributed by atoms with Crippen LogP contribution in [0.5, 0.6) is 0 Å². The lowest BCUT2D eigenvalue weighted by molar-refractivity contribution is -0.159. The number of anilines is 1. The highest BCUT2D eigenvalue weighted by molar-refractivity contribution is 7.14. The summed E-state index contributed by atoms with van der Waals surface area (Å²) < 4.78 is 18.7. The van der Waals surface area contributed by atoms with Crippen LogP contribution in [0.1, 0.15) is 43.7 Å². The van der Waals surface area contributed by atoms with E-state index in [1.807, 2.05) is 6.07 Å². The summed E-state index contributed by atoms with van der Waals surface area (Å²) >= 11 is 1.23. The number of nitrogens with zero attached hydrogens (tertiary/aromatic N) is 1. The summed E-state index contributed by atoms with van der Waals surface area (Å²) in [5.74, 6) is -1.33. The summed E-state index contributed by atoms with van der Waals surface area (Å²) in [4.78, 5) is 25.3. The number of esters is 1. The number of ether oxygens (including phenoxy) is 1. The van der Waals surface area contributed by atoms with Crippen molar-refractivity contribution in [3.05, 3.63) is 52.7 Å². The van der Waals surface area contributed by atoms with E-state index in [9.17, 15) is 14.0 Å². The lowest BCUT2D eigenvalue weighted by Gasteiger charge is -2.28. The molecule has 1 aliphatic carbocycles. The topological polar surface area (TPSA) is 79.2 Å². The standard InChI is InChI=1S/C20H19FN2O3S/c1-13(17(24)23-18-14(12-22)8-11-27-18)26-19(25)20(9-2-3-10-20)15-4-6-16(21)7-5-15/h4-8,11,13H,2-3,9-10H2,1H3,(H,23,24)/t13-/m1/s1. The second kappa shape index (κ2) is 7.89. The first kappa shape index (κ1) is 19.1. The maximum atomic E-state index is 13.3. The van der Waals surface area contributed by atoms with Crippen molar-refractivity contribution >= 4 is 28.2 Å². The molecule has 1 amide bonds. The number of hydrogen-bond acceptors (Lipinski definition) is 5. The maximum absolute atomic E-state index is 13.3. The molecule has 0 radical (unpaired) electrons. The lowest BCUT2D eigenvalue weighted by atomic mass is 9.79. The van der Waals surface area contributed by atoms with Crippen LogP contribution in [-0.2, 0) is 19.7 Å². The minimum absolute atomic E-state index is 0.364. The monoisotopic (exact) mass is 386 g/mol. The highest BCUT2D eigenvalue weighted by Gasteiger charge is 2.45. The third kappa shape index (κ3) is 3.86. The number of amides is 1. The predicted molar refractivity (Wildman–Crippen MR) is 99.8 cm³/mol. The maximum Gasteiger partial charge on any atom is 0.317 e. The number of carbonyl (C=O) groups excluding carboxylic acids is 2. The number of benzene rings is 1. The predicted octanol–water partition coefficient (Wildman–Crippen LogP) is 4.14. The number of halogens is 1. The van der Waals surface area contributed by atoms with Gasteiger partial charge < -0.3 is 10.1 Å². The van der Waals surface area contributed by atoms with Gasteiger partial charge in [0.15, 0.2) is 6.10 Å². The fourth-order valence-corrected chi connectivity index (χ4v) is 4.13. The van der Waals surface area contributed by atoms with Crippen LogP contribution in [0.25, 0.3) is 0 Å². The van der Waals surface area contributed by atoms with Crippen molar-refractivity contribution in [1.29, 1.82) is 5.26 Å². The molecule has 1 saturated carbocycles. The molecule has 7 heteroatoms. The lowest BCUT2D eigenvalue weighted by Crippen LogP contribution is -2.39. The van der Waals surface area contributed by atoms with Crippen LogP contribution in [0, 0.1) is 17.1 Å². The molecule has 0 unspecified atom stereocenters. The minimum atomic E-state index is -1.01. The molecule has 1 atom stereocenters. The zero-order valence-electron chi connectivity index (χ0n) is 14.8. The highest BCUT2D eigenvalue weighted by Crippen LogP contribution is 2.42. The molecule has 140 valence electrons. The molecule has 2 aromatic rings. The zero-order valence-corrected chi connectivity index (χ0v) is 15.6. The van der Waals surface area contributed by atoms with E-state index >= 15 is 0 Å². The van der Waals surface area contributed by atoms with Crippen molar-refractivity contribution in [1.82, 2.24) is 0 Å². The van der Waals surface area contributed by atoms with Gasteiger partial charge in [-0.2, -0.15) is 5.26 Å². The Labute approximate surface area is 160 Å².